The van der Waals surface area contributed by atoms with Gasteiger partial charge in [0.1, 0.15) is 23.6 Å². The first-order valence-corrected chi connectivity index (χ1v) is 9.70. The highest BCUT2D eigenvalue weighted by Crippen LogP contribution is 2.12. The molecule has 0 aliphatic carbocycles. The van der Waals surface area contributed by atoms with E-state index in [4.69, 9.17) is 11.5 Å². The number of rotatable bonds is 9. The number of carbonyl (C=O) groups excluding carboxylic acids is 4. The summed E-state index contributed by atoms with van der Waals surface area (Å²) in [6, 6.07) is 9.79. The molecular formula is C22H24N2O8. The van der Waals surface area contributed by atoms with Gasteiger partial charge in [0.25, 0.3) is 0 Å². The number of esters is 4. The van der Waals surface area contributed by atoms with Crippen LogP contribution < -0.4 is 11.5 Å². The van der Waals surface area contributed by atoms with Gasteiger partial charge in [-0.3, -0.25) is 9.59 Å². The van der Waals surface area contributed by atoms with Crippen molar-refractivity contribution in [2.75, 3.05) is 0 Å². The average molecular weight is 444 g/mol. The molecule has 0 saturated carbocycles. The predicted molar refractivity (Wildman–Crippen MR) is 111 cm³/mol. The van der Waals surface area contributed by atoms with Crippen LogP contribution in [0.25, 0.3) is 0 Å². The normalized spacial score (nSPS) is 12.4. The summed E-state index contributed by atoms with van der Waals surface area (Å²) in [5.41, 5.74) is 12.7. The van der Waals surface area contributed by atoms with Crippen LogP contribution in [0, 0.1) is 0 Å². The second-order valence-electron chi connectivity index (χ2n) is 7.04. The number of benzene rings is 2. The summed E-state index contributed by atoms with van der Waals surface area (Å²) in [7, 11) is 0. The Morgan fingerprint density at radius 1 is 0.656 bits per heavy atom. The van der Waals surface area contributed by atoms with E-state index in [1.807, 2.05) is 0 Å². The van der Waals surface area contributed by atoms with Gasteiger partial charge in [0.05, 0.1) is 12.8 Å². The molecule has 10 heteroatoms. The summed E-state index contributed by atoms with van der Waals surface area (Å²) < 4.78 is 9.22. The zero-order valence-corrected chi connectivity index (χ0v) is 17.1. The van der Waals surface area contributed by atoms with E-state index in [2.05, 4.69) is 9.47 Å². The number of phenolic OH excluding ortho intramolecular Hbond substituents is 2. The molecule has 0 amide bonds. The highest BCUT2D eigenvalue weighted by molar-refractivity contribution is 5.92. The minimum atomic E-state index is -1.12. The maximum atomic E-state index is 11.9. The molecule has 0 aromatic heterocycles. The molecule has 0 spiro atoms. The van der Waals surface area contributed by atoms with Gasteiger partial charge < -0.3 is 31.2 Å². The van der Waals surface area contributed by atoms with Crippen molar-refractivity contribution >= 4 is 23.9 Å². The van der Waals surface area contributed by atoms with Gasteiger partial charge in [-0.2, -0.15) is 0 Å². The van der Waals surface area contributed by atoms with Gasteiger partial charge in [0, 0.05) is 0 Å². The lowest BCUT2D eigenvalue weighted by atomic mass is 10.1. The third kappa shape index (κ3) is 8.17. The summed E-state index contributed by atoms with van der Waals surface area (Å²) in [5, 5.41) is 18.5. The van der Waals surface area contributed by atoms with Crippen molar-refractivity contribution in [2.24, 2.45) is 11.5 Å². The lowest BCUT2D eigenvalue weighted by Gasteiger charge is -2.11. The van der Waals surface area contributed by atoms with Crippen LogP contribution >= 0.6 is 0 Å². The molecule has 6 N–H and O–H groups in total. The summed E-state index contributed by atoms with van der Waals surface area (Å²) in [6.45, 7) is 0. The number of hydrogen-bond acceptors (Lipinski definition) is 10. The zero-order chi connectivity index (χ0) is 23.7. The maximum absolute atomic E-state index is 11.9. The smallest absolute Gasteiger partial charge is 0.330 e. The molecule has 170 valence electrons. The number of aromatic hydroxyl groups is 2. The minimum absolute atomic E-state index is 0.0618. The van der Waals surface area contributed by atoms with E-state index < -0.39 is 48.8 Å². The van der Waals surface area contributed by atoms with Crippen molar-refractivity contribution in [2.45, 2.75) is 37.8 Å². The number of phenols is 2. The number of hydrogen-bond donors (Lipinski definition) is 4. The van der Waals surface area contributed by atoms with Gasteiger partial charge >= 0.3 is 23.9 Å². The van der Waals surface area contributed by atoms with E-state index >= 15 is 0 Å². The Bertz CT molecular complexity index is 877. The van der Waals surface area contributed by atoms with Gasteiger partial charge in [0.15, 0.2) is 0 Å². The molecule has 0 unspecified atom stereocenters. The molecule has 32 heavy (non-hydrogen) atoms. The monoisotopic (exact) mass is 444 g/mol. The molecular weight excluding hydrogens is 420 g/mol. The molecule has 0 aliphatic heterocycles. The van der Waals surface area contributed by atoms with Crippen molar-refractivity contribution in [1.82, 2.24) is 0 Å². The molecule has 2 atom stereocenters. The third-order valence-corrected chi connectivity index (χ3v) is 4.35. The average Bonchev–Trinajstić information content (AvgIpc) is 2.75. The molecule has 0 fully saturated rings. The van der Waals surface area contributed by atoms with Crippen molar-refractivity contribution in [3.05, 3.63) is 59.7 Å². The fourth-order valence-electron chi connectivity index (χ4n) is 2.62. The van der Waals surface area contributed by atoms with Crippen LogP contribution in [0.4, 0.5) is 0 Å². The quantitative estimate of drug-likeness (QED) is 0.313. The predicted octanol–water partition coefficient (Wildman–Crippen LogP) is 0.457. The van der Waals surface area contributed by atoms with Crippen molar-refractivity contribution in [3.63, 3.8) is 0 Å². The first kappa shape index (κ1) is 24.5. The number of ether oxygens (including phenoxy) is 2. The fraction of sp³-hybridized carbons (Fsp3) is 0.273. The van der Waals surface area contributed by atoms with Crippen LogP contribution in [0.1, 0.15) is 24.0 Å². The summed E-state index contributed by atoms with van der Waals surface area (Å²) in [5.74, 6) is -3.80. The Morgan fingerprint density at radius 2 is 0.969 bits per heavy atom. The molecule has 2 rings (SSSR count). The van der Waals surface area contributed by atoms with Gasteiger partial charge in [-0.15, -0.1) is 0 Å². The molecule has 0 aliphatic rings. The van der Waals surface area contributed by atoms with Crippen molar-refractivity contribution in [3.8, 4) is 11.5 Å². The van der Waals surface area contributed by atoms with Gasteiger partial charge in [-0.1, -0.05) is 24.3 Å². The van der Waals surface area contributed by atoms with Crippen molar-refractivity contribution < 1.29 is 38.9 Å². The largest absolute Gasteiger partial charge is 0.508 e. The van der Waals surface area contributed by atoms with E-state index in [1.165, 1.54) is 24.3 Å². The molecule has 2 aromatic rings. The van der Waals surface area contributed by atoms with Gasteiger partial charge in [-0.25, -0.2) is 9.59 Å². The molecule has 10 nitrogen and oxygen atoms in total. The summed E-state index contributed by atoms with van der Waals surface area (Å²) >= 11 is 0. The Morgan fingerprint density at radius 3 is 1.28 bits per heavy atom. The lowest BCUT2D eigenvalue weighted by molar-refractivity contribution is -0.166. The van der Waals surface area contributed by atoms with E-state index in [1.54, 1.807) is 24.3 Å². The Labute approximate surface area is 183 Å². The van der Waals surface area contributed by atoms with E-state index in [0.717, 1.165) is 0 Å². The van der Waals surface area contributed by atoms with Gasteiger partial charge in [-0.05, 0) is 48.2 Å². The molecule has 0 heterocycles. The van der Waals surface area contributed by atoms with Crippen LogP contribution in [-0.2, 0) is 41.5 Å². The standard InChI is InChI=1S/C22H24N2O8/c23-17(11-13-1-5-15(25)6-2-13)21(29)31-19(27)9-10-20(28)32-22(30)18(24)12-14-3-7-16(26)8-4-14/h1-8,17-18,25-26H,9-12,23-24H2/t17-,18-/m0/s1. The SMILES string of the molecule is N[C@@H](Cc1ccc(O)cc1)C(=O)OC(=O)CCC(=O)OC(=O)[C@@H](N)Cc1ccc(O)cc1. The summed E-state index contributed by atoms with van der Waals surface area (Å²) in [6.07, 6.45) is -0.808. The van der Waals surface area contributed by atoms with E-state index in [-0.39, 0.29) is 24.3 Å². The Balaban J connectivity index is 1.71. The number of nitrogens with two attached hydrogens (primary N) is 2. The second kappa shape index (κ2) is 11.6. The van der Waals surface area contributed by atoms with Crippen LogP contribution in [0.3, 0.4) is 0 Å². The minimum Gasteiger partial charge on any atom is -0.508 e. The number of carbonyl (C=O) groups is 4. The van der Waals surface area contributed by atoms with Crippen LogP contribution in [0.5, 0.6) is 11.5 Å². The van der Waals surface area contributed by atoms with Crippen molar-refractivity contribution in [1.29, 1.82) is 0 Å². The maximum Gasteiger partial charge on any atom is 0.330 e. The lowest BCUT2D eigenvalue weighted by Crippen LogP contribution is -2.36. The molecule has 2 aromatic carbocycles. The summed E-state index contributed by atoms with van der Waals surface area (Å²) in [4.78, 5) is 47.4. The van der Waals surface area contributed by atoms with Crippen LogP contribution in [0.15, 0.2) is 48.5 Å². The zero-order valence-electron chi connectivity index (χ0n) is 17.1. The Hall–Kier alpha value is -3.76. The first-order chi connectivity index (χ1) is 15.1. The first-order valence-electron chi connectivity index (χ1n) is 9.70. The second-order valence-corrected chi connectivity index (χ2v) is 7.04. The van der Waals surface area contributed by atoms with Crippen LogP contribution in [0.2, 0.25) is 0 Å². The highest BCUT2D eigenvalue weighted by atomic mass is 16.6. The Kier molecular flexibility index (Phi) is 8.87. The van der Waals surface area contributed by atoms with E-state index in [0.29, 0.717) is 11.1 Å². The molecule has 0 bridgehead atoms. The topological polar surface area (TPSA) is 179 Å². The third-order valence-electron chi connectivity index (χ3n) is 4.35. The fourth-order valence-corrected chi connectivity index (χ4v) is 2.62. The van der Waals surface area contributed by atoms with Gasteiger partial charge in [0.2, 0.25) is 0 Å². The molecule has 0 saturated heterocycles. The molecule has 0 radical (unpaired) electrons. The van der Waals surface area contributed by atoms with E-state index in [9.17, 15) is 29.4 Å². The highest BCUT2D eigenvalue weighted by Gasteiger charge is 2.22. The van der Waals surface area contributed by atoms with Crippen LogP contribution in [-0.4, -0.2) is 46.2 Å².